The number of hydrogen-bond donors (Lipinski definition) is 1. The van der Waals surface area contributed by atoms with Crippen LogP contribution in [0.5, 0.6) is 0 Å². The first-order valence-corrected chi connectivity index (χ1v) is 5.74. The summed E-state index contributed by atoms with van der Waals surface area (Å²) in [5.74, 6) is -3.88. The third kappa shape index (κ3) is 2.76. The molecule has 1 atom stereocenters. The van der Waals surface area contributed by atoms with Gasteiger partial charge in [0.15, 0.2) is 17.5 Å². The monoisotopic (exact) mass is 271 g/mol. The van der Waals surface area contributed by atoms with Crippen molar-refractivity contribution in [3.05, 3.63) is 35.5 Å². The van der Waals surface area contributed by atoms with Gasteiger partial charge in [0.05, 0.1) is 6.04 Å². The van der Waals surface area contributed by atoms with Crippen molar-refractivity contribution in [2.45, 2.75) is 19.9 Å². The van der Waals surface area contributed by atoms with E-state index in [0.29, 0.717) is 12.4 Å². The average molecular weight is 271 g/mol. The van der Waals surface area contributed by atoms with Gasteiger partial charge in [-0.2, -0.15) is 0 Å². The number of rotatable bonds is 4. The van der Waals surface area contributed by atoms with Crippen LogP contribution in [-0.2, 0) is 0 Å². The van der Waals surface area contributed by atoms with Crippen molar-refractivity contribution in [3.8, 4) is 11.5 Å². The highest BCUT2D eigenvalue weighted by atomic mass is 19.2. The van der Waals surface area contributed by atoms with E-state index in [0.717, 1.165) is 12.1 Å². The number of nitrogens with one attached hydrogen (secondary N) is 1. The molecule has 0 saturated heterocycles. The van der Waals surface area contributed by atoms with E-state index >= 15 is 0 Å². The molecule has 0 fully saturated rings. The van der Waals surface area contributed by atoms with Crippen LogP contribution in [0.25, 0.3) is 11.5 Å². The van der Waals surface area contributed by atoms with E-state index in [1.807, 2.05) is 13.8 Å². The minimum absolute atomic E-state index is 0.00107. The molecular weight excluding hydrogens is 259 g/mol. The van der Waals surface area contributed by atoms with Crippen molar-refractivity contribution in [1.29, 1.82) is 0 Å². The number of halogens is 3. The van der Waals surface area contributed by atoms with Crippen LogP contribution in [0.2, 0.25) is 0 Å². The van der Waals surface area contributed by atoms with Crippen molar-refractivity contribution in [2.24, 2.45) is 0 Å². The van der Waals surface area contributed by atoms with Crippen molar-refractivity contribution in [2.75, 3.05) is 6.54 Å². The van der Waals surface area contributed by atoms with Crippen molar-refractivity contribution in [1.82, 2.24) is 15.5 Å². The molecule has 7 heteroatoms. The van der Waals surface area contributed by atoms with Crippen LogP contribution in [0, 0.1) is 17.5 Å². The molecule has 0 aliphatic rings. The molecule has 19 heavy (non-hydrogen) atoms. The molecule has 0 aliphatic heterocycles. The maximum absolute atomic E-state index is 13.1. The van der Waals surface area contributed by atoms with Gasteiger partial charge in [-0.25, -0.2) is 13.2 Å². The van der Waals surface area contributed by atoms with Gasteiger partial charge in [-0.1, -0.05) is 6.92 Å². The summed E-state index contributed by atoms with van der Waals surface area (Å²) in [4.78, 5) is 0. The molecule has 4 nitrogen and oxygen atoms in total. The highest BCUT2D eigenvalue weighted by Gasteiger charge is 2.17. The second-order valence-electron chi connectivity index (χ2n) is 3.98. The Hall–Kier alpha value is -1.89. The Morgan fingerprint density at radius 1 is 1.21 bits per heavy atom. The zero-order valence-corrected chi connectivity index (χ0v) is 10.4. The normalized spacial score (nSPS) is 12.7. The molecule has 1 heterocycles. The largest absolute Gasteiger partial charge is 0.419 e. The number of hydrogen-bond acceptors (Lipinski definition) is 4. The van der Waals surface area contributed by atoms with Crippen LogP contribution in [0.4, 0.5) is 13.2 Å². The fourth-order valence-electron chi connectivity index (χ4n) is 1.60. The fraction of sp³-hybridized carbons (Fsp3) is 0.333. The Bertz CT molecular complexity index is 562. The summed E-state index contributed by atoms with van der Waals surface area (Å²) >= 11 is 0. The summed E-state index contributed by atoms with van der Waals surface area (Å²) in [6.07, 6.45) is 0. The van der Waals surface area contributed by atoms with Gasteiger partial charge in [0.2, 0.25) is 11.8 Å². The van der Waals surface area contributed by atoms with Gasteiger partial charge in [0.25, 0.3) is 0 Å². The third-order valence-corrected chi connectivity index (χ3v) is 2.55. The van der Waals surface area contributed by atoms with E-state index in [4.69, 9.17) is 4.42 Å². The van der Waals surface area contributed by atoms with Gasteiger partial charge in [-0.15, -0.1) is 10.2 Å². The summed E-state index contributed by atoms with van der Waals surface area (Å²) in [5, 5.41) is 10.5. The lowest BCUT2D eigenvalue weighted by molar-refractivity contribution is 0.426. The first-order chi connectivity index (χ1) is 9.02. The van der Waals surface area contributed by atoms with E-state index < -0.39 is 17.5 Å². The molecule has 0 radical (unpaired) electrons. The molecule has 1 aromatic heterocycles. The smallest absolute Gasteiger partial charge is 0.248 e. The lowest BCUT2D eigenvalue weighted by Gasteiger charge is -2.05. The minimum Gasteiger partial charge on any atom is -0.419 e. The maximum Gasteiger partial charge on any atom is 0.248 e. The van der Waals surface area contributed by atoms with E-state index in [1.54, 1.807) is 0 Å². The van der Waals surface area contributed by atoms with Gasteiger partial charge in [-0.05, 0) is 25.6 Å². The van der Waals surface area contributed by atoms with Gasteiger partial charge in [0, 0.05) is 5.56 Å². The van der Waals surface area contributed by atoms with E-state index in [1.165, 1.54) is 0 Å². The minimum atomic E-state index is -1.52. The predicted molar refractivity (Wildman–Crippen MR) is 61.7 cm³/mol. The molecule has 1 aromatic carbocycles. The zero-order valence-electron chi connectivity index (χ0n) is 10.4. The van der Waals surface area contributed by atoms with Crippen molar-refractivity contribution >= 4 is 0 Å². The third-order valence-electron chi connectivity index (χ3n) is 2.55. The van der Waals surface area contributed by atoms with Crippen molar-refractivity contribution < 1.29 is 17.6 Å². The quantitative estimate of drug-likeness (QED) is 0.869. The number of aromatic nitrogens is 2. The summed E-state index contributed by atoms with van der Waals surface area (Å²) in [6, 6.07) is 1.45. The Kier molecular flexibility index (Phi) is 3.84. The second-order valence-corrected chi connectivity index (χ2v) is 3.98. The summed E-state index contributed by atoms with van der Waals surface area (Å²) < 4.78 is 44.3. The SMILES string of the molecule is CCNC(C)c1nnc(-c2cc(F)c(F)c(F)c2)o1. The standard InChI is InChI=1S/C12H12F3N3O/c1-3-16-6(2)11-17-18-12(19-11)7-4-8(13)10(15)9(14)5-7/h4-6,16H,3H2,1-2H3. The van der Waals surface area contributed by atoms with Gasteiger partial charge >= 0.3 is 0 Å². The first-order valence-electron chi connectivity index (χ1n) is 5.74. The van der Waals surface area contributed by atoms with Crippen LogP contribution in [0.15, 0.2) is 16.5 Å². The lowest BCUT2D eigenvalue weighted by Crippen LogP contribution is -2.17. The molecule has 0 spiro atoms. The van der Waals surface area contributed by atoms with Crippen molar-refractivity contribution in [3.63, 3.8) is 0 Å². The topological polar surface area (TPSA) is 51.0 Å². The van der Waals surface area contributed by atoms with E-state index in [9.17, 15) is 13.2 Å². The molecule has 0 amide bonds. The zero-order chi connectivity index (χ0) is 14.0. The van der Waals surface area contributed by atoms with E-state index in [-0.39, 0.29) is 17.5 Å². The first kappa shape index (κ1) is 13.5. The molecule has 2 rings (SSSR count). The maximum atomic E-state index is 13.1. The van der Waals surface area contributed by atoms with E-state index in [2.05, 4.69) is 15.5 Å². The average Bonchev–Trinajstić information content (AvgIpc) is 2.85. The van der Waals surface area contributed by atoms with Crippen LogP contribution < -0.4 is 5.32 Å². The molecule has 0 aliphatic carbocycles. The predicted octanol–water partition coefficient (Wildman–Crippen LogP) is 2.82. The Labute approximate surface area is 107 Å². The van der Waals surface area contributed by atoms with Gasteiger partial charge < -0.3 is 9.73 Å². The van der Waals surface area contributed by atoms with Gasteiger partial charge in [0.1, 0.15) is 0 Å². The molecule has 0 saturated carbocycles. The van der Waals surface area contributed by atoms with Gasteiger partial charge in [-0.3, -0.25) is 0 Å². The lowest BCUT2D eigenvalue weighted by atomic mass is 10.2. The molecule has 2 aromatic rings. The molecule has 102 valence electrons. The molecular formula is C12H12F3N3O. The van der Waals surface area contributed by atoms with Crippen LogP contribution in [0.3, 0.4) is 0 Å². The second kappa shape index (κ2) is 5.40. The Balaban J connectivity index is 2.33. The van der Waals surface area contributed by atoms with Crippen LogP contribution in [0.1, 0.15) is 25.8 Å². The highest BCUT2D eigenvalue weighted by molar-refractivity contribution is 5.52. The highest BCUT2D eigenvalue weighted by Crippen LogP contribution is 2.24. The summed E-state index contributed by atoms with van der Waals surface area (Å²) in [7, 11) is 0. The number of nitrogens with zero attached hydrogens (tertiary/aromatic N) is 2. The summed E-state index contributed by atoms with van der Waals surface area (Å²) in [5.41, 5.74) is -0.00107. The van der Waals surface area contributed by atoms with Crippen LogP contribution >= 0.6 is 0 Å². The summed E-state index contributed by atoms with van der Waals surface area (Å²) in [6.45, 7) is 4.43. The molecule has 1 N–H and O–H groups in total. The number of benzene rings is 1. The Morgan fingerprint density at radius 3 is 2.42 bits per heavy atom. The van der Waals surface area contributed by atoms with Crippen LogP contribution in [-0.4, -0.2) is 16.7 Å². The Morgan fingerprint density at radius 2 is 1.84 bits per heavy atom. The molecule has 1 unspecified atom stereocenters. The molecule has 0 bridgehead atoms. The fourth-order valence-corrected chi connectivity index (χ4v) is 1.60.